The molecule has 0 amide bonds. The largest absolute Gasteiger partial charge is 0.166 e. The zero-order chi connectivity index (χ0) is 22.1. The van der Waals surface area contributed by atoms with Gasteiger partial charge < -0.3 is 0 Å². The summed E-state index contributed by atoms with van der Waals surface area (Å²) in [6.45, 7) is 8.30. The minimum absolute atomic E-state index is 0.0970. The highest BCUT2D eigenvalue weighted by atomic mass is 32.2. The molecule has 0 N–H and O–H groups in total. The Labute approximate surface area is 191 Å². The van der Waals surface area contributed by atoms with E-state index >= 15 is 0 Å². The summed E-state index contributed by atoms with van der Waals surface area (Å²) in [7, 11) is -0.0970. The standard InChI is InChI=1S/C28H27S.C2H6/c1-22-11-16-27(17-12-22)29(28-18-13-23(2)14-19-28)26-10-6-9-25(15-20-26)21-24-7-4-3-5-8-24;1-2/h3-8,10-20H,9,21H2,1-2H3;1-2H3/q+1;. The van der Waals surface area contributed by atoms with Gasteiger partial charge in [-0.15, -0.1) is 0 Å². The van der Waals surface area contributed by atoms with Crippen LogP contribution in [0.4, 0.5) is 0 Å². The fraction of sp³-hybridized carbons (Fsp3) is 0.200. The molecule has 1 aliphatic rings. The van der Waals surface area contributed by atoms with E-state index in [0.29, 0.717) is 0 Å². The Morgan fingerprint density at radius 3 is 1.77 bits per heavy atom. The van der Waals surface area contributed by atoms with E-state index in [1.807, 2.05) is 13.8 Å². The Hall–Kier alpha value is -2.77. The van der Waals surface area contributed by atoms with E-state index < -0.39 is 0 Å². The molecule has 0 heterocycles. The first kappa shape index (κ1) is 22.9. The summed E-state index contributed by atoms with van der Waals surface area (Å²) < 4.78 is 0. The van der Waals surface area contributed by atoms with Gasteiger partial charge in [-0.3, -0.25) is 0 Å². The van der Waals surface area contributed by atoms with E-state index in [1.54, 1.807) is 0 Å². The lowest BCUT2D eigenvalue weighted by Crippen LogP contribution is -2.06. The number of hydrogen-bond acceptors (Lipinski definition) is 0. The van der Waals surface area contributed by atoms with E-state index in [2.05, 4.69) is 117 Å². The molecule has 0 atom stereocenters. The molecular weight excluding hydrogens is 392 g/mol. The Morgan fingerprint density at radius 1 is 0.677 bits per heavy atom. The highest BCUT2D eigenvalue weighted by Gasteiger charge is 2.29. The molecular formula is C30H33S+. The van der Waals surface area contributed by atoms with Gasteiger partial charge in [-0.25, -0.2) is 0 Å². The molecule has 1 heteroatoms. The fourth-order valence-electron chi connectivity index (χ4n) is 3.53. The average molecular weight is 426 g/mol. The first-order chi connectivity index (χ1) is 15.2. The Balaban J connectivity index is 0.00000132. The van der Waals surface area contributed by atoms with Crippen molar-refractivity contribution in [1.29, 1.82) is 0 Å². The molecule has 158 valence electrons. The van der Waals surface area contributed by atoms with Crippen molar-refractivity contribution in [2.24, 2.45) is 0 Å². The molecule has 3 aromatic rings. The van der Waals surface area contributed by atoms with E-state index in [0.717, 1.165) is 12.8 Å². The lowest BCUT2D eigenvalue weighted by atomic mass is 10.0. The first-order valence-electron chi connectivity index (χ1n) is 11.2. The molecule has 0 aliphatic heterocycles. The molecule has 0 saturated carbocycles. The highest BCUT2D eigenvalue weighted by Crippen LogP contribution is 2.33. The molecule has 1 aliphatic carbocycles. The van der Waals surface area contributed by atoms with E-state index in [4.69, 9.17) is 0 Å². The van der Waals surface area contributed by atoms with Crippen LogP contribution in [0, 0.1) is 13.8 Å². The third-order valence-corrected chi connectivity index (χ3v) is 7.40. The molecule has 0 bridgehead atoms. The molecule has 0 radical (unpaired) electrons. The van der Waals surface area contributed by atoms with Crippen LogP contribution >= 0.6 is 0 Å². The van der Waals surface area contributed by atoms with Crippen molar-refractivity contribution in [3.63, 3.8) is 0 Å². The number of benzene rings is 3. The molecule has 0 spiro atoms. The highest BCUT2D eigenvalue weighted by molar-refractivity contribution is 8.00. The summed E-state index contributed by atoms with van der Waals surface area (Å²) in [6, 6.07) is 28.8. The van der Waals surface area contributed by atoms with Crippen molar-refractivity contribution in [3.05, 3.63) is 130 Å². The Bertz CT molecular complexity index is 990. The van der Waals surface area contributed by atoms with Gasteiger partial charge in [-0.05, 0) is 68.7 Å². The summed E-state index contributed by atoms with van der Waals surface area (Å²) in [6.07, 6.45) is 11.4. The van der Waals surface area contributed by atoms with Crippen molar-refractivity contribution in [2.45, 2.75) is 50.3 Å². The third kappa shape index (κ3) is 6.35. The molecule has 0 nitrogen and oxygen atoms in total. The predicted molar refractivity (Wildman–Crippen MR) is 138 cm³/mol. The number of aryl methyl sites for hydroxylation is 2. The topological polar surface area (TPSA) is 0 Å². The van der Waals surface area contributed by atoms with Crippen molar-refractivity contribution in [3.8, 4) is 0 Å². The fourth-order valence-corrected chi connectivity index (χ4v) is 5.60. The number of hydrogen-bond donors (Lipinski definition) is 0. The third-order valence-electron chi connectivity index (χ3n) is 5.17. The summed E-state index contributed by atoms with van der Waals surface area (Å²) in [5, 5.41) is 0. The van der Waals surface area contributed by atoms with Gasteiger partial charge in [0.25, 0.3) is 0 Å². The summed E-state index contributed by atoms with van der Waals surface area (Å²) in [4.78, 5) is 4.12. The van der Waals surface area contributed by atoms with Gasteiger partial charge in [-0.1, -0.05) is 97.3 Å². The maximum Gasteiger partial charge on any atom is 0.166 e. The zero-order valence-electron chi connectivity index (χ0n) is 19.1. The predicted octanol–water partition coefficient (Wildman–Crippen LogP) is 8.38. The first-order valence-corrected chi connectivity index (χ1v) is 12.4. The van der Waals surface area contributed by atoms with Crippen LogP contribution in [0.3, 0.4) is 0 Å². The van der Waals surface area contributed by atoms with E-state index in [9.17, 15) is 0 Å². The second-order valence-electron chi connectivity index (χ2n) is 7.60. The minimum atomic E-state index is -0.0970. The van der Waals surface area contributed by atoms with Crippen molar-refractivity contribution in [2.75, 3.05) is 0 Å². The SMILES string of the molecule is CC.Cc1ccc([S+](C2=CC=C(Cc3ccccc3)CC=C2)c2ccc(C)cc2)cc1. The minimum Gasteiger partial charge on any atom is -0.0754 e. The van der Waals surface area contributed by atoms with E-state index in [1.165, 1.54) is 37.0 Å². The molecule has 0 aromatic heterocycles. The van der Waals surface area contributed by atoms with Crippen LogP contribution in [-0.4, -0.2) is 0 Å². The quantitative estimate of drug-likeness (QED) is 0.360. The Kier molecular flexibility index (Phi) is 8.55. The van der Waals surface area contributed by atoms with Crippen LogP contribution in [0.2, 0.25) is 0 Å². The summed E-state index contributed by atoms with van der Waals surface area (Å²) in [5.41, 5.74) is 5.44. The second-order valence-corrected chi connectivity index (χ2v) is 9.62. The average Bonchev–Trinajstić information content (AvgIpc) is 3.04. The zero-order valence-corrected chi connectivity index (χ0v) is 20.0. The lowest BCUT2D eigenvalue weighted by molar-refractivity contribution is 1.07. The summed E-state index contributed by atoms with van der Waals surface area (Å²) in [5.74, 6) is 0. The van der Waals surface area contributed by atoms with Gasteiger partial charge in [0.05, 0.1) is 10.9 Å². The van der Waals surface area contributed by atoms with Gasteiger partial charge in [-0.2, -0.15) is 0 Å². The van der Waals surface area contributed by atoms with Gasteiger partial charge in [0.1, 0.15) is 0 Å². The molecule has 31 heavy (non-hydrogen) atoms. The van der Waals surface area contributed by atoms with Gasteiger partial charge >= 0.3 is 0 Å². The Morgan fingerprint density at radius 2 is 1.23 bits per heavy atom. The molecule has 4 rings (SSSR count). The van der Waals surface area contributed by atoms with Crippen molar-refractivity contribution < 1.29 is 0 Å². The monoisotopic (exact) mass is 425 g/mol. The van der Waals surface area contributed by atoms with Gasteiger partial charge in [0.2, 0.25) is 0 Å². The molecule has 0 unspecified atom stereocenters. The van der Waals surface area contributed by atoms with Gasteiger partial charge in [0, 0.05) is 0 Å². The number of allylic oxidation sites excluding steroid dienone is 5. The van der Waals surface area contributed by atoms with Crippen LogP contribution in [0.25, 0.3) is 0 Å². The summed E-state index contributed by atoms with van der Waals surface area (Å²) >= 11 is 0. The van der Waals surface area contributed by atoms with Crippen LogP contribution in [0.15, 0.2) is 123 Å². The molecule has 3 aromatic carbocycles. The van der Waals surface area contributed by atoms with Crippen LogP contribution in [-0.2, 0) is 17.3 Å². The van der Waals surface area contributed by atoms with Crippen LogP contribution in [0.5, 0.6) is 0 Å². The van der Waals surface area contributed by atoms with Crippen molar-refractivity contribution in [1.82, 2.24) is 0 Å². The van der Waals surface area contributed by atoms with Crippen LogP contribution < -0.4 is 0 Å². The smallest absolute Gasteiger partial charge is 0.0754 e. The molecule has 0 saturated heterocycles. The van der Waals surface area contributed by atoms with Crippen molar-refractivity contribution >= 4 is 10.9 Å². The molecule has 0 fully saturated rings. The van der Waals surface area contributed by atoms with E-state index in [-0.39, 0.29) is 10.9 Å². The lowest BCUT2D eigenvalue weighted by Gasteiger charge is -2.09. The normalized spacial score (nSPS) is 13.1. The van der Waals surface area contributed by atoms with Gasteiger partial charge in [0.15, 0.2) is 14.7 Å². The maximum absolute atomic E-state index is 2.34. The van der Waals surface area contributed by atoms with Crippen LogP contribution in [0.1, 0.15) is 37.0 Å². The number of rotatable bonds is 5. The second kappa shape index (κ2) is 11.6. The maximum atomic E-state index is 2.34.